The van der Waals surface area contributed by atoms with Crippen molar-refractivity contribution >= 4 is 60.2 Å². The molecule has 0 N–H and O–H groups in total. The Kier molecular flexibility index (Phi) is 8.82. The Morgan fingerprint density at radius 2 is 0.818 bits per heavy atom. The van der Waals surface area contributed by atoms with Gasteiger partial charge in [0.25, 0.3) is 0 Å². The van der Waals surface area contributed by atoms with E-state index in [9.17, 15) is 0 Å². The minimum absolute atomic E-state index is 0.521. The molecular formula is C65H43N. The smallest absolute Gasteiger partial charge is 0.0714 e. The molecule has 12 aromatic rings. The molecule has 0 unspecified atom stereocenters. The van der Waals surface area contributed by atoms with E-state index in [0.717, 1.165) is 17.1 Å². The first-order valence-corrected chi connectivity index (χ1v) is 22.9. The predicted octanol–water partition coefficient (Wildman–Crippen LogP) is 17.5. The van der Waals surface area contributed by atoms with Gasteiger partial charge >= 0.3 is 0 Å². The summed E-state index contributed by atoms with van der Waals surface area (Å²) in [7, 11) is 0. The normalized spacial score (nSPS) is 12.7. The van der Waals surface area contributed by atoms with Crippen molar-refractivity contribution in [3.63, 3.8) is 0 Å². The lowest BCUT2D eigenvalue weighted by atomic mass is 9.68. The summed E-state index contributed by atoms with van der Waals surface area (Å²) in [5.41, 5.74) is 15.2. The van der Waals surface area contributed by atoms with E-state index in [4.69, 9.17) is 0 Å². The zero-order valence-corrected chi connectivity index (χ0v) is 36.3. The first-order chi connectivity index (χ1) is 32.7. The summed E-state index contributed by atoms with van der Waals surface area (Å²) in [5.74, 6) is 0. The van der Waals surface area contributed by atoms with Gasteiger partial charge in [-0.05, 0) is 136 Å². The Morgan fingerprint density at radius 1 is 0.273 bits per heavy atom. The maximum Gasteiger partial charge on any atom is 0.0714 e. The van der Waals surface area contributed by atoms with Gasteiger partial charge in [-0.3, -0.25) is 0 Å². The number of fused-ring (bicyclic) bond motifs is 9. The van der Waals surface area contributed by atoms with Crippen molar-refractivity contribution in [1.82, 2.24) is 0 Å². The Labute approximate surface area is 385 Å². The van der Waals surface area contributed by atoms with Gasteiger partial charge in [0, 0.05) is 16.9 Å². The van der Waals surface area contributed by atoms with Crippen molar-refractivity contribution in [2.24, 2.45) is 0 Å². The van der Waals surface area contributed by atoms with Crippen LogP contribution in [0.4, 0.5) is 17.1 Å². The molecule has 13 rings (SSSR count). The van der Waals surface area contributed by atoms with Gasteiger partial charge in [-0.2, -0.15) is 0 Å². The van der Waals surface area contributed by atoms with Crippen molar-refractivity contribution in [2.45, 2.75) is 5.41 Å². The highest BCUT2D eigenvalue weighted by Gasteiger charge is 2.47. The average molecular weight is 838 g/mol. The van der Waals surface area contributed by atoms with Gasteiger partial charge in [0.1, 0.15) is 0 Å². The quantitative estimate of drug-likeness (QED) is 0.145. The van der Waals surface area contributed by atoms with Crippen molar-refractivity contribution in [1.29, 1.82) is 0 Å². The zero-order valence-electron chi connectivity index (χ0n) is 36.3. The fraction of sp³-hybridized carbons (Fsp3) is 0.0154. The number of hydrogen-bond donors (Lipinski definition) is 0. The van der Waals surface area contributed by atoms with E-state index < -0.39 is 5.41 Å². The molecule has 0 fully saturated rings. The van der Waals surface area contributed by atoms with Crippen LogP contribution in [0.3, 0.4) is 0 Å². The molecule has 0 spiro atoms. The van der Waals surface area contributed by atoms with Crippen LogP contribution in [0.2, 0.25) is 0 Å². The maximum absolute atomic E-state index is 2.49. The fourth-order valence-electron chi connectivity index (χ4n) is 11.2. The van der Waals surface area contributed by atoms with Gasteiger partial charge in [0.15, 0.2) is 0 Å². The second-order valence-corrected chi connectivity index (χ2v) is 17.6. The van der Waals surface area contributed by atoms with Gasteiger partial charge in [0.05, 0.1) is 11.1 Å². The standard InChI is InChI=1S/C65H43N/c1-3-20-50(21-4-1)65(51-22-5-2-6-23-51)61-30-14-13-29-58(61)64-62(65)31-16-32-63(64)66(52-39-37-46(38-40-52)60-43-49-18-8-10-26-55(49)56-27-11-12-28-57(56)60)53-24-15-19-47(41-53)48-36-35-45-34-33-44-17-7-9-25-54(44)59(45)42-48/h1-43H. The summed E-state index contributed by atoms with van der Waals surface area (Å²) in [6, 6.07) is 96.5. The third-order valence-electron chi connectivity index (χ3n) is 14.1. The lowest BCUT2D eigenvalue weighted by Crippen LogP contribution is -2.28. The van der Waals surface area contributed by atoms with Gasteiger partial charge in [-0.15, -0.1) is 0 Å². The predicted molar refractivity (Wildman–Crippen MR) is 279 cm³/mol. The molecule has 1 heteroatoms. The van der Waals surface area contributed by atoms with Gasteiger partial charge in [-0.25, -0.2) is 0 Å². The lowest BCUT2D eigenvalue weighted by Gasteiger charge is -2.34. The Balaban J connectivity index is 1.04. The average Bonchev–Trinajstić information content (AvgIpc) is 3.71. The first-order valence-electron chi connectivity index (χ1n) is 22.9. The second-order valence-electron chi connectivity index (χ2n) is 17.6. The van der Waals surface area contributed by atoms with Crippen molar-refractivity contribution < 1.29 is 0 Å². The molecule has 0 bridgehead atoms. The monoisotopic (exact) mass is 837 g/mol. The molecule has 0 atom stereocenters. The minimum Gasteiger partial charge on any atom is -0.310 e. The summed E-state index contributed by atoms with van der Waals surface area (Å²) in [6.45, 7) is 0. The maximum atomic E-state index is 2.49. The molecule has 0 saturated heterocycles. The summed E-state index contributed by atoms with van der Waals surface area (Å²) < 4.78 is 0. The highest BCUT2D eigenvalue weighted by Crippen LogP contribution is 2.59. The number of hydrogen-bond acceptors (Lipinski definition) is 1. The van der Waals surface area contributed by atoms with Crippen molar-refractivity contribution in [3.05, 3.63) is 283 Å². The molecule has 0 aliphatic heterocycles. The molecule has 0 radical (unpaired) electrons. The molecule has 0 heterocycles. The van der Waals surface area contributed by atoms with Crippen LogP contribution in [0.5, 0.6) is 0 Å². The van der Waals surface area contributed by atoms with E-state index in [0.29, 0.717) is 0 Å². The van der Waals surface area contributed by atoms with Crippen LogP contribution in [-0.4, -0.2) is 0 Å². The number of anilines is 3. The van der Waals surface area contributed by atoms with E-state index in [1.807, 2.05) is 0 Å². The number of nitrogens with zero attached hydrogens (tertiary/aromatic N) is 1. The van der Waals surface area contributed by atoms with Crippen LogP contribution in [0.1, 0.15) is 22.3 Å². The van der Waals surface area contributed by atoms with Crippen molar-refractivity contribution in [2.75, 3.05) is 4.90 Å². The molecule has 0 amide bonds. The van der Waals surface area contributed by atoms with Crippen LogP contribution < -0.4 is 4.90 Å². The largest absolute Gasteiger partial charge is 0.310 e. The third-order valence-corrected chi connectivity index (χ3v) is 14.1. The van der Waals surface area contributed by atoms with Gasteiger partial charge in [0.2, 0.25) is 0 Å². The van der Waals surface area contributed by atoms with Crippen LogP contribution in [-0.2, 0) is 5.41 Å². The van der Waals surface area contributed by atoms with E-state index in [1.54, 1.807) is 0 Å². The molecule has 0 aromatic heterocycles. The molecule has 66 heavy (non-hydrogen) atoms. The van der Waals surface area contributed by atoms with Crippen LogP contribution in [0.15, 0.2) is 261 Å². The van der Waals surface area contributed by atoms with Gasteiger partial charge in [-0.1, -0.05) is 218 Å². The molecular weight excluding hydrogens is 795 g/mol. The SMILES string of the molecule is c1ccc(C2(c3ccccc3)c3ccccc3-c3c(N(c4ccc(-c5cc6ccccc6c6ccccc56)cc4)c4cccc(-c5ccc6ccc7ccccc7c6c5)c4)cccc32)cc1. The minimum atomic E-state index is -0.521. The van der Waals surface area contributed by atoms with E-state index in [-0.39, 0.29) is 0 Å². The van der Waals surface area contributed by atoms with E-state index in [2.05, 4.69) is 266 Å². The van der Waals surface area contributed by atoms with Crippen LogP contribution in [0, 0.1) is 0 Å². The van der Waals surface area contributed by atoms with Crippen molar-refractivity contribution in [3.8, 4) is 33.4 Å². The molecule has 1 aliphatic rings. The summed E-state index contributed by atoms with van der Waals surface area (Å²) in [6.07, 6.45) is 0. The third kappa shape index (κ3) is 5.87. The fourth-order valence-corrected chi connectivity index (χ4v) is 11.2. The molecule has 308 valence electrons. The summed E-state index contributed by atoms with van der Waals surface area (Å²) >= 11 is 0. The van der Waals surface area contributed by atoms with E-state index >= 15 is 0 Å². The highest BCUT2D eigenvalue weighted by atomic mass is 15.1. The van der Waals surface area contributed by atoms with Crippen LogP contribution in [0.25, 0.3) is 76.5 Å². The first kappa shape index (κ1) is 38.0. The Bertz CT molecular complexity index is 3770. The number of benzene rings is 12. The van der Waals surface area contributed by atoms with Crippen LogP contribution >= 0.6 is 0 Å². The Hall–Kier alpha value is -8.52. The summed E-state index contributed by atoms with van der Waals surface area (Å²) in [4.78, 5) is 2.49. The van der Waals surface area contributed by atoms with E-state index in [1.165, 1.54) is 98.7 Å². The molecule has 1 aliphatic carbocycles. The molecule has 0 saturated carbocycles. The zero-order chi connectivity index (χ0) is 43.6. The highest BCUT2D eigenvalue weighted by molar-refractivity contribution is 6.14. The topological polar surface area (TPSA) is 3.24 Å². The molecule has 1 nitrogen and oxygen atoms in total. The second kappa shape index (κ2) is 15.3. The number of rotatable bonds is 7. The Morgan fingerprint density at radius 3 is 1.58 bits per heavy atom. The summed E-state index contributed by atoms with van der Waals surface area (Å²) in [5, 5.41) is 10.1. The van der Waals surface area contributed by atoms with Gasteiger partial charge < -0.3 is 4.90 Å². The lowest BCUT2D eigenvalue weighted by molar-refractivity contribution is 0.768. The molecule has 12 aromatic carbocycles.